The molecule has 0 heterocycles. The van der Waals surface area contributed by atoms with E-state index in [1.807, 2.05) is 0 Å². The van der Waals surface area contributed by atoms with Gasteiger partial charge in [-0.05, 0) is 31.9 Å². The maximum absolute atomic E-state index is 11.8. The number of benzene rings is 1. The molecule has 1 saturated carbocycles. The second kappa shape index (κ2) is 5.40. The summed E-state index contributed by atoms with van der Waals surface area (Å²) in [6.45, 7) is 1.55. The first-order chi connectivity index (χ1) is 8.58. The van der Waals surface area contributed by atoms with Crippen molar-refractivity contribution in [2.45, 2.75) is 31.9 Å². The Labute approximate surface area is 110 Å². The van der Waals surface area contributed by atoms with Crippen molar-refractivity contribution in [3.05, 3.63) is 34.9 Å². The van der Waals surface area contributed by atoms with E-state index in [0.717, 1.165) is 12.8 Å². The number of esters is 1. The molecule has 1 aliphatic rings. The number of hydrogen-bond donors (Lipinski definition) is 1. The van der Waals surface area contributed by atoms with Crippen molar-refractivity contribution in [1.82, 2.24) is 5.32 Å². The Kier molecular flexibility index (Phi) is 3.87. The van der Waals surface area contributed by atoms with Crippen molar-refractivity contribution < 1.29 is 14.3 Å². The van der Waals surface area contributed by atoms with Crippen LogP contribution in [0.4, 0.5) is 0 Å². The predicted octanol–water partition coefficient (Wildman–Crippen LogP) is 2.16. The highest BCUT2D eigenvalue weighted by atomic mass is 35.5. The molecule has 1 aromatic carbocycles. The van der Waals surface area contributed by atoms with Crippen molar-refractivity contribution in [2.75, 3.05) is 0 Å². The Morgan fingerprint density at radius 1 is 1.39 bits per heavy atom. The highest BCUT2D eigenvalue weighted by Crippen LogP contribution is 2.19. The standard InChI is InChI=1S/C13H14ClNO3/c1-8(12(16)15-9-6-7-9)18-13(17)10-4-2-3-5-11(10)14/h2-5,8-9H,6-7H2,1H3,(H,15,16)/t8-/m0/s1. The minimum Gasteiger partial charge on any atom is -0.449 e. The SMILES string of the molecule is C[C@H](OC(=O)c1ccccc1Cl)C(=O)NC1CC1. The lowest BCUT2D eigenvalue weighted by molar-refractivity contribution is -0.129. The van der Waals surface area contributed by atoms with Crippen LogP contribution in [-0.4, -0.2) is 24.0 Å². The van der Waals surface area contributed by atoms with E-state index in [2.05, 4.69) is 5.32 Å². The van der Waals surface area contributed by atoms with Crippen LogP contribution in [0.2, 0.25) is 5.02 Å². The number of amides is 1. The van der Waals surface area contributed by atoms with E-state index in [-0.39, 0.29) is 17.5 Å². The zero-order chi connectivity index (χ0) is 13.1. The fraction of sp³-hybridized carbons (Fsp3) is 0.385. The van der Waals surface area contributed by atoms with E-state index in [1.54, 1.807) is 31.2 Å². The number of carbonyl (C=O) groups is 2. The molecule has 0 aliphatic heterocycles. The molecule has 2 rings (SSSR count). The number of hydrogen-bond acceptors (Lipinski definition) is 3. The minimum atomic E-state index is -0.811. The van der Waals surface area contributed by atoms with Gasteiger partial charge in [0.05, 0.1) is 10.6 Å². The van der Waals surface area contributed by atoms with Crippen molar-refractivity contribution >= 4 is 23.5 Å². The van der Waals surface area contributed by atoms with Crippen molar-refractivity contribution in [2.24, 2.45) is 0 Å². The van der Waals surface area contributed by atoms with Crippen LogP contribution >= 0.6 is 11.6 Å². The van der Waals surface area contributed by atoms with Crippen LogP contribution in [0, 0.1) is 0 Å². The van der Waals surface area contributed by atoms with Gasteiger partial charge < -0.3 is 10.1 Å². The quantitative estimate of drug-likeness (QED) is 0.851. The lowest BCUT2D eigenvalue weighted by Crippen LogP contribution is -2.37. The topological polar surface area (TPSA) is 55.4 Å². The molecule has 0 radical (unpaired) electrons. The molecule has 0 bridgehead atoms. The Balaban J connectivity index is 1.94. The van der Waals surface area contributed by atoms with E-state index in [0.29, 0.717) is 5.02 Å². The Morgan fingerprint density at radius 2 is 2.06 bits per heavy atom. The second-order valence-corrected chi connectivity index (χ2v) is 4.72. The average Bonchev–Trinajstić information content (AvgIpc) is 3.13. The van der Waals surface area contributed by atoms with Gasteiger partial charge in [-0.1, -0.05) is 23.7 Å². The molecule has 1 aromatic rings. The summed E-state index contributed by atoms with van der Waals surface area (Å²) in [5.41, 5.74) is 0.269. The molecular formula is C13H14ClNO3. The van der Waals surface area contributed by atoms with Gasteiger partial charge in [-0.25, -0.2) is 4.79 Å². The van der Waals surface area contributed by atoms with Gasteiger partial charge in [0, 0.05) is 6.04 Å². The molecule has 1 fully saturated rings. The summed E-state index contributed by atoms with van der Waals surface area (Å²) >= 11 is 5.88. The second-order valence-electron chi connectivity index (χ2n) is 4.31. The molecule has 1 amide bonds. The molecular weight excluding hydrogens is 254 g/mol. The van der Waals surface area contributed by atoms with Gasteiger partial charge in [0.25, 0.3) is 5.91 Å². The van der Waals surface area contributed by atoms with Crippen molar-refractivity contribution in [3.63, 3.8) is 0 Å². The van der Waals surface area contributed by atoms with Crippen LogP contribution in [0.3, 0.4) is 0 Å². The third kappa shape index (κ3) is 3.23. The van der Waals surface area contributed by atoms with E-state index >= 15 is 0 Å². The largest absolute Gasteiger partial charge is 0.449 e. The normalized spacial score (nSPS) is 15.9. The fourth-order valence-electron chi connectivity index (χ4n) is 1.45. The summed E-state index contributed by atoms with van der Waals surface area (Å²) in [6, 6.07) is 6.84. The zero-order valence-electron chi connectivity index (χ0n) is 9.98. The van der Waals surface area contributed by atoms with Crippen molar-refractivity contribution in [1.29, 1.82) is 0 Å². The van der Waals surface area contributed by atoms with Gasteiger partial charge >= 0.3 is 5.97 Å². The molecule has 0 saturated heterocycles. The third-order valence-corrected chi connectivity index (χ3v) is 3.00. The van der Waals surface area contributed by atoms with Crippen LogP contribution in [0.5, 0.6) is 0 Å². The number of rotatable bonds is 4. The molecule has 1 atom stereocenters. The molecule has 18 heavy (non-hydrogen) atoms. The molecule has 1 N–H and O–H groups in total. The van der Waals surface area contributed by atoms with E-state index < -0.39 is 12.1 Å². The summed E-state index contributed by atoms with van der Waals surface area (Å²) < 4.78 is 5.07. The summed E-state index contributed by atoms with van der Waals surface area (Å²) in [5.74, 6) is -0.850. The number of nitrogens with one attached hydrogen (secondary N) is 1. The fourth-order valence-corrected chi connectivity index (χ4v) is 1.66. The predicted molar refractivity (Wildman–Crippen MR) is 67.5 cm³/mol. The Bertz CT molecular complexity index is 471. The van der Waals surface area contributed by atoms with Gasteiger partial charge in [-0.3, -0.25) is 4.79 Å². The van der Waals surface area contributed by atoms with Crippen LogP contribution in [0.1, 0.15) is 30.1 Å². The third-order valence-electron chi connectivity index (χ3n) is 2.67. The maximum atomic E-state index is 11.8. The number of halogens is 1. The first kappa shape index (κ1) is 12.9. The summed E-state index contributed by atoms with van der Waals surface area (Å²) in [4.78, 5) is 23.4. The van der Waals surface area contributed by atoms with E-state index in [1.165, 1.54) is 0 Å². The van der Waals surface area contributed by atoms with Gasteiger partial charge in [0.2, 0.25) is 0 Å². The minimum absolute atomic E-state index is 0.249. The van der Waals surface area contributed by atoms with Crippen molar-refractivity contribution in [3.8, 4) is 0 Å². The first-order valence-corrected chi connectivity index (χ1v) is 6.21. The summed E-state index contributed by atoms with van der Waals surface area (Å²) in [6.07, 6.45) is 1.18. The molecule has 0 unspecified atom stereocenters. The average molecular weight is 268 g/mol. The number of ether oxygens (including phenoxy) is 1. The van der Waals surface area contributed by atoms with Gasteiger partial charge in [0.1, 0.15) is 0 Å². The van der Waals surface area contributed by atoms with Gasteiger partial charge in [-0.15, -0.1) is 0 Å². The molecule has 4 nitrogen and oxygen atoms in total. The van der Waals surface area contributed by atoms with Gasteiger partial charge in [0.15, 0.2) is 6.10 Å². The lowest BCUT2D eigenvalue weighted by atomic mass is 10.2. The Hall–Kier alpha value is -1.55. The highest BCUT2D eigenvalue weighted by Gasteiger charge is 2.27. The summed E-state index contributed by atoms with van der Waals surface area (Å²) in [7, 11) is 0. The van der Waals surface area contributed by atoms with Crippen LogP contribution in [0.15, 0.2) is 24.3 Å². The summed E-state index contributed by atoms with van der Waals surface area (Å²) in [5, 5.41) is 3.09. The van der Waals surface area contributed by atoms with Gasteiger partial charge in [-0.2, -0.15) is 0 Å². The highest BCUT2D eigenvalue weighted by molar-refractivity contribution is 6.33. The zero-order valence-corrected chi connectivity index (χ0v) is 10.7. The molecule has 1 aliphatic carbocycles. The number of carbonyl (C=O) groups excluding carboxylic acids is 2. The van der Waals surface area contributed by atoms with E-state index in [4.69, 9.17) is 16.3 Å². The Morgan fingerprint density at radius 3 is 2.67 bits per heavy atom. The molecule has 96 valence electrons. The molecule has 0 aromatic heterocycles. The molecule has 5 heteroatoms. The van der Waals surface area contributed by atoms with E-state index in [9.17, 15) is 9.59 Å². The first-order valence-electron chi connectivity index (χ1n) is 5.84. The lowest BCUT2D eigenvalue weighted by Gasteiger charge is -2.13. The maximum Gasteiger partial charge on any atom is 0.340 e. The van der Waals surface area contributed by atoms with Crippen LogP contribution < -0.4 is 5.32 Å². The monoisotopic (exact) mass is 267 g/mol. The van der Waals surface area contributed by atoms with Crippen LogP contribution in [0.25, 0.3) is 0 Å². The smallest absolute Gasteiger partial charge is 0.340 e. The molecule has 0 spiro atoms. The van der Waals surface area contributed by atoms with Crippen LogP contribution in [-0.2, 0) is 9.53 Å².